The number of nitrogens with two attached hydrogens (primary N) is 1. The molecule has 0 aliphatic heterocycles. The lowest BCUT2D eigenvalue weighted by Crippen LogP contribution is -1.89. The van der Waals surface area contributed by atoms with Gasteiger partial charge in [-0.05, 0) is 53.9 Å². The monoisotopic (exact) mass is 235 g/mol. The summed E-state index contributed by atoms with van der Waals surface area (Å²) in [6.07, 6.45) is 0. The van der Waals surface area contributed by atoms with Gasteiger partial charge in [0.05, 0.1) is 0 Å². The number of anilines is 1. The van der Waals surface area contributed by atoms with Crippen LogP contribution < -0.4 is 5.73 Å². The van der Waals surface area contributed by atoms with Crippen LogP contribution in [0, 0.1) is 12.7 Å². The van der Waals surface area contributed by atoms with Crippen LogP contribution in [-0.4, -0.2) is 0 Å². The quantitative estimate of drug-likeness (QED) is 0.742. The molecule has 0 aliphatic rings. The van der Waals surface area contributed by atoms with Crippen LogP contribution in [0.2, 0.25) is 5.02 Å². The zero-order chi connectivity index (χ0) is 11.7. The number of halogens is 2. The van der Waals surface area contributed by atoms with E-state index in [0.717, 1.165) is 16.7 Å². The van der Waals surface area contributed by atoms with Crippen LogP contribution in [0.5, 0.6) is 0 Å². The van der Waals surface area contributed by atoms with Gasteiger partial charge in [0.25, 0.3) is 0 Å². The first kappa shape index (κ1) is 11.0. The van der Waals surface area contributed by atoms with E-state index >= 15 is 0 Å². The van der Waals surface area contributed by atoms with Crippen LogP contribution in [0.25, 0.3) is 11.1 Å². The van der Waals surface area contributed by atoms with Gasteiger partial charge in [-0.2, -0.15) is 0 Å². The average molecular weight is 236 g/mol. The summed E-state index contributed by atoms with van der Waals surface area (Å²) in [6, 6.07) is 10.0. The summed E-state index contributed by atoms with van der Waals surface area (Å²) in [5.41, 5.74) is 9.05. The number of nitrogen functional groups attached to an aromatic ring is 1. The third kappa shape index (κ3) is 2.17. The van der Waals surface area contributed by atoms with Gasteiger partial charge in [-0.3, -0.25) is 0 Å². The second-order valence-electron chi connectivity index (χ2n) is 3.73. The highest BCUT2D eigenvalue weighted by Gasteiger charge is 2.05. The zero-order valence-corrected chi connectivity index (χ0v) is 9.55. The largest absolute Gasteiger partial charge is 0.399 e. The minimum atomic E-state index is -0.343. The predicted octanol–water partition coefficient (Wildman–Crippen LogP) is 4.04. The highest BCUT2D eigenvalue weighted by atomic mass is 35.5. The molecule has 16 heavy (non-hydrogen) atoms. The summed E-state index contributed by atoms with van der Waals surface area (Å²) < 4.78 is 13.2. The van der Waals surface area contributed by atoms with Crippen LogP contribution in [0.3, 0.4) is 0 Å². The van der Waals surface area contributed by atoms with Gasteiger partial charge in [0.2, 0.25) is 0 Å². The summed E-state index contributed by atoms with van der Waals surface area (Å²) >= 11 is 5.82. The second kappa shape index (κ2) is 4.14. The fraction of sp³-hybridized carbons (Fsp3) is 0.0769. The second-order valence-corrected chi connectivity index (χ2v) is 4.17. The van der Waals surface area contributed by atoms with Gasteiger partial charge in [-0.25, -0.2) is 4.39 Å². The maximum atomic E-state index is 13.2. The van der Waals surface area contributed by atoms with Gasteiger partial charge in [0.15, 0.2) is 0 Å². The molecule has 0 fully saturated rings. The first-order chi connectivity index (χ1) is 7.56. The minimum Gasteiger partial charge on any atom is -0.399 e. The Bertz CT molecular complexity index is 517. The minimum absolute atomic E-state index is 0.343. The van der Waals surface area contributed by atoms with E-state index in [1.807, 2.05) is 25.1 Å². The first-order valence-electron chi connectivity index (χ1n) is 4.89. The predicted molar refractivity (Wildman–Crippen MR) is 66.0 cm³/mol. The van der Waals surface area contributed by atoms with E-state index in [0.29, 0.717) is 10.7 Å². The average Bonchev–Trinajstić information content (AvgIpc) is 2.20. The van der Waals surface area contributed by atoms with Crippen molar-refractivity contribution in [3.8, 4) is 11.1 Å². The number of rotatable bonds is 1. The van der Waals surface area contributed by atoms with E-state index in [1.54, 1.807) is 6.07 Å². The lowest BCUT2D eigenvalue weighted by molar-refractivity contribution is 0.628. The molecule has 2 N–H and O–H groups in total. The van der Waals surface area contributed by atoms with E-state index in [4.69, 9.17) is 17.3 Å². The van der Waals surface area contributed by atoms with Crippen molar-refractivity contribution < 1.29 is 4.39 Å². The van der Waals surface area contributed by atoms with Gasteiger partial charge >= 0.3 is 0 Å². The molecule has 0 spiro atoms. The molecule has 0 aromatic heterocycles. The normalized spacial score (nSPS) is 10.4. The molecule has 1 nitrogen and oxygen atoms in total. The smallest absolute Gasteiger partial charge is 0.125 e. The third-order valence-corrected chi connectivity index (χ3v) is 2.65. The van der Waals surface area contributed by atoms with E-state index in [-0.39, 0.29) is 5.82 Å². The van der Waals surface area contributed by atoms with Crippen LogP contribution >= 0.6 is 11.6 Å². The van der Waals surface area contributed by atoms with Crippen molar-refractivity contribution in [3.05, 3.63) is 52.8 Å². The zero-order valence-electron chi connectivity index (χ0n) is 8.80. The van der Waals surface area contributed by atoms with Crippen LogP contribution in [-0.2, 0) is 0 Å². The molecule has 0 unspecified atom stereocenters. The van der Waals surface area contributed by atoms with E-state index < -0.39 is 0 Å². The molecule has 0 bridgehead atoms. The molecule has 2 aromatic carbocycles. The lowest BCUT2D eigenvalue weighted by atomic mass is 10.00. The maximum absolute atomic E-state index is 13.2. The third-order valence-electron chi connectivity index (χ3n) is 2.44. The Labute approximate surface area is 98.7 Å². The SMILES string of the molecule is Cc1ccc(N)cc1-c1cc(F)cc(Cl)c1. The fourth-order valence-electron chi connectivity index (χ4n) is 1.66. The van der Waals surface area contributed by atoms with Gasteiger partial charge in [0, 0.05) is 10.7 Å². The van der Waals surface area contributed by atoms with Crippen molar-refractivity contribution in [1.82, 2.24) is 0 Å². The topological polar surface area (TPSA) is 26.0 Å². The van der Waals surface area contributed by atoms with E-state index in [9.17, 15) is 4.39 Å². The molecule has 0 saturated heterocycles. The Morgan fingerprint density at radius 1 is 1.12 bits per heavy atom. The molecule has 0 atom stereocenters. The van der Waals surface area contributed by atoms with Crippen molar-refractivity contribution in [2.75, 3.05) is 5.73 Å². The Kier molecular flexibility index (Phi) is 2.84. The van der Waals surface area contributed by atoms with Crippen LogP contribution in [0.4, 0.5) is 10.1 Å². The van der Waals surface area contributed by atoms with E-state index in [1.165, 1.54) is 12.1 Å². The van der Waals surface area contributed by atoms with Crippen molar-refractivity contribution in [2.24, 2.45) is 0 Å². The number of benzene rings is 2. The molecular weight excluding hydrogens is 225 g/mol. The fourth-order valence-corrected chi connectivity index (χ4v) is 1.88. The Morgan fingerprint density at radius 3 is 2.56 bits per heavy atom. The molecule has 3 heteroatoms. The standard InChI is InChI=1S/C13H11ClFN/c1-8-2-3-12(16)7-13(8)9-4-10(14)6-11(15)5-9/h2-7H,16H2,1H3. The number of hydrogen-bond acceptors (Lipinski definition) is 1. The molecule has 0 saturated carbocycles. The Morgan fingerprint density at radius 2 is 1.88 bits per heavy atom. The summed E-state index contributed by atoms with van der Waals surface area (Å²) in [4.78, 5) is 0. The van der Waals surface area contributed by atoms with Crippen molar-refractivity contribution in [1.29, 1.82) is 0 Å². The van der Waals surface area contributed by atoms with Crippen LogP contribution in [0.1, 0.15) is 5.56 Å². The van der Waals surface area contributed by atoms with Gasteiger partial charge in [0.1, 0.15) is 5.82 Å². The molecule has 0 radical (unpaired) electrons. The van der Waals surface area contributed by atoms with Crippen LogP contribution in [0.15, 0.2) is 36.4 Å². The number of hydrogen-bond donors (Lipinski definition) is 1. The summed E-state index contributed by atoms with van der Waals surface area (Å²) in [7, 11) is 0. The molecule has 82 valence electrons. The highest BCUT2D eigenvalue weighted by molar-refractivity contribution is 6.30. The molecule has 0 amide bonds. The van der Waals surface area contributed by atoms with E-state index in [2.05, 4.69) is 0 Å². The molecule has 0 heterocycles. The molecule has 2 rings (SSSR count). The number of aryl methyl sites for hydroxylation is 1. The van der Waals surface area contributed by atoms with Crippen molar-refractivity contribution >= 4 is 17.3 Å². The van der Waals surface area contributed by atoms with Gasteiger partial charge < -0.3 is 5.73 Å². The molecule has 0 aliphatic carbocycles. The maximum Gasteiger partial charge on any atom is 0.125 e. The Hall–Kier alpha value is -1.54. The summed E-state index contributed by atoms with van der Waals surface area (Å²) in [5, 5.41) is 0.386. The van der Waals surface area contributed by atoms with Crippen molar-refractivity contribution in [3.63, 3.8) is 0 Å². The summed E-state index contributed by atoms with van der Waals surface area (Å²) in [6.45, 7) is 1.95. The summed E-state index contributed by atoms with van der Waals surface area (Å²) in [5.74, 6) is -0.343. The van der Waals surface area contributed by atoms with Gasteiger partial charge in [-0.15, -0.1) is 0 Å². The van der Waals surface area contributed by atoms with Crippen molar-refractivity contribution in [2.45, 2.75) is 6.92 Å². The Balaban J connectivity index is 2.62. The van der Waals surface area contributed by atoms with Gasteiger partial charge in [-0.1, -0.05) is 17.7 Å². The highest BCUT2D eigenvalue weighted by Crippen LogP contribution is 2.28. The molecule has 2 aromatic rings. The molecular formula is C13H11ClFN. The first-order valence-corrected chi connectivity index (χ1v) is 5.26. The lowest BCUT2D eigenvalue weighted by Gasteiger charge is -2.08.